The second-order valence-electron chi connectivity index (χ2n) is 8.97. The number of halogens is 3. The molecule has 0 saturated carbocycles. The van der Waals surface area contributed by atoms with E-state index in [1.165, 1.54) is 18.2 Å². The molecular weight excluding hydrogens is 530 g/mol. The Hall–Kier alpha value is -4.43. The average molecular weight is 551 g/mol. The van der Waals surface area contributed by atoms with Gasteiger partial charge in [-0.05, 0) is 43.2 Å². The van der Waals surface area contributed by atoms with Gasteiger partial charge in [-0.2, -0.15) is 19.0 Å². The lowest BCUT2D eigenvalue weighted by atomic mass is 9.72. The summed E-state index contributed by atoms with van der Waals surface area (Å²) in [5, 5.41) is 21.8. The quantitative estimate of drug-likeness (QED) is 0.277. The summed E-state index contributed by atoms with van der Waals surface area (Å²) in [6, 6.07) is 19.4. The minimum Gasteiger partial charge on any atom is -0.454 e. The van der Waals surface area contributed by atoms with Crippen LogP contribution < -0.4 is 4.90 Å². The molecule has 5 rings (SSSR count). The zero-order valence-corrected chi connectivity index (χ0v) is 21.2. The van der Waals surface area contributed by atoms with Gasteiger partial charge in [-0.1, -0.05) is 53.2 Å². The highest BCUT2D eigenvalue weighted by molar-refractivity contribution is 6.31. The number of carbonyl (C=O) groups is 1. The van der Waals surface area contributed by atoms with Gasteiger partial charge >= 0.3 is 5.97 Å². The van der Waals surface area contributed by atoms with Crippen LogP contribution in [0.15, 0.2) is 71.3 Å². The van der Waals surface area contributed by atoms with Gasteiger partial charge in [0, 0.05) is 23.7 Å². The SMILES string of the molecule is N#CC1(C(F)(F)c2ccccc2Cl)CCN(c2ccc(-c3nc(COC(=O)c4ccccc4)no3)nn2)CC1. The van der Waals surface area contributed by atoms with Gasteiger partial charge in [-0.3, -0.25) is 0 Å². The summed E-state index contributed by atoms with van der Waals surface area (Å²) in [6.45, 7) is 0.175. The maximum Gasteiger partial charge on any atom is 0.338 e. The van der Waals surface area contributed by atoms with Crippen LogP contribution in [0.1, 0.15) is 34.6 Å². The highest BCUT2D eigenvalue weighted by Crippen LogP contribution is 2.52. The fraction of sp³-hybridized carbons (Fsp3) is 0.259. The highest BCUT2D eigenvalue weighted by Gasteiger charge is 2.57. The van der Waals surface area contributed by atoms with Crippen molar-refractivity contribution in [2.75, 3.05) is 18.0 Å². The molecule has 1 fully saturated rings. The number of hydrogen-bond acceptors (Lipinski definition) is 9. The summed E-state index contributed by atoms with van der Waals surface area (Å²) in [7, 11) is 0. The van der Waals surface area contributed by atoms with Crippen LogP contribution in [-0.4, -0.2) is 39.4 Å². The van der Waals surface area contributed by atoms with Crippen molar-refractivity contribution < 1.29 is 22.8 Å². The number of rotatable bonds is 7. The van der Waals surface area contributed by atoms with E-state index in [2.05, 4.69) is 20.3 Å². The van der Waals surface area contributed by atoms with E-state index in [-0.39, 0.29) is 54.8 Å². The summed E-state index contributed by atoms with van der Waals surface area (Å²) in [4.78, 5) is 18.1. The Morgan fingerprint density at radius 2 is 1.79 bits per heavy atom. The molecule has 1 saturated heterocycles. The van der Waals surface area contributed by atoms with E-state index in [9.17, 15) is 10.1 Å². The molecule has 0 N–H and O–H groups in total. The summed E-state index contributed by atoms with van der Waals surface area (Å²) in [6.07, 6.45) is -0.167. The first kappa shape index (κ1) is 26.2. The third kappa shape index (κ3) is 5.15. The topological polar surface area (TPSA) is 118 Å². The Kier molecular flexibility index (Phi) is 7.21. The van der Waals surface area contributed by atoms with E-state index in [1.807, 2.05) is 6.07 Å². The van der Waals surface area contributed by atoms with Gasteiger partial charge in [0.05, 0.1) is 11.6 Å². The molecular formula is C27H21ClF2N6O3. The standard InChI is InChI=1S/C27H21ClF2N6O3/c28-20-9-5-4-8-19(20)27(29,30)26(17-31)12-14-36(15-13-26)23-11-10-21(33-34-23)24-32-22(35-39-24)16-38-25(37)18-6-2-1-3-7-18/h1-11H,12-16H2. The van der Waals surface area contributed by atoms with Gasteiger partial charge < -0.3 is 14.2 Å². The van der Waals surface area contributed by atoms with Crippen molar-refractivity contribution in [3.63, 3.8) is 0 Å². The van der Waals surface area contributed by atoms with Crippen molar-refractivity contribution >= 4 is 23.4 Å². The minimum atomic E-state index is -3.42. The first-order valence-corrected chi connectivity index (χ1v) is 12.4. The number of benzene rings is 2. The molecule has 0 bridgehead atoms. The molecule has 2 aromatic carbocycles. The normalized spacial score (nSPS) is 15.0. The number of carbonyl (C=O) groups excluding carboxylic acids is 1. The molecule has 9 nitrogen and oxygen atoms in total. The third-order valence-corrected chi connectivity index (χ3v) is 6.98. The molecule has 12 heteroatoms. The van der Waals surface area contributed by atoms with Gasteiger partial charge in [-0.25, -0.2) is 4.79 Å². The number of aromatic nitrogens is 4. The Balaban J connectivity index is 1.22. The van der Waals surface area contributed by atoms with Crippen LogP contribution in [0, 0.1) is 16.7 Å². The van der Waals surface area contributed by atoms with Crippen LogP contribution in [0.5, 0.6) is 0 Å². The van der Waals surface area contributed by atoms with Crippen LogP contribution in [0.4, 0.5) is 14.6 Å². The molecule has 0 unspecified atom stereocenters. The van der Waals surface area contributed by atoms with Gasteiger partial charge in [0.25, 0.3) is 11.8 Å². The smallest absolute Gasteiger partial charge is 0.338 e. The molecule has 0 amide bonds. The highest BCUT2D eigenvalue weighted by atomic mass is 35.5. The summed E-state index contributed by atoms with van der Waals surface area (Å²) >= 11 is 6.04. The Morgan fingerprint density at radius 3 is 2.46 bits per heavy atom. The number of hydrogen-bond donors (Lipinski definition) is 0. The van der Waals surface area contributed by atoms with Crippen molar-refractivity contribution in [2.24, 2.45) is 5.41 Å². The molecule has 1 aliphatic heterocycles. The summed E-state index contributed by atoms with van der Waals surface area (Å²) < 4.78 is 41.4. The lowest BCUT2D eigenvalue weighted by Crippen LogP contribution is -2.48. The number of alkyl halides is 2. The van der Waals surface area contributed by atoms with E-state index in [4.69, 9.17) is 20.9 Å². The maximum atomic E-state index is 15.5. The van der Waals surface area contributed by atoms with Gasteiger partial charge in [-0.15, -0.1) is 10.2 Å². The van der Waals surface area contributed by atoms with Crippen molar-refractivity contribution in [1.29, 1.82) is 5.26 Å². The van der Waals surface area contributed by atoms with Crippen LogP contribution in [-0.2, 0) is 17.3 Å². The summed E-state index contributed by atoms with van der Waals surface area (Å²) in [5.41, 5.74) is -1.55. The van der Waals surface area contributed by atoms with Crippen molar-refractivity contribution in [3.8, 4) is 17.7 Å². The number of piperidine rings is 1. The molecule has 2 aromatic heterocycles. The Labute approximate surface area is 227 Å². The molecule has 4 aromatic rings. The first-order chi connectivity index (χ1) is 18.8. The molecule has 0 atom stereocenters. The number of esters is 1. The van der Waals surface area contributed by atoms with E-state index in [0.717, 1.165) is 0 Å². The monoisotopic (exact) mass is 550 g/mol. The second kappa shape index (κ2) is 10.7. The van der Waals surface area contributed by atoms with E-state index in [0.29, 0.717) is 17.1 Å². The van der Waals surface area contributed by atoms with Gasteiger partial charge in [0.1, 0.15) is 5.41 Å². The minimum absolute atomic E-state index is 0.0699. The van der Waals surface area contributed by atoms with Crippen molar-refractivity contribution in [1.82, 2.24) is 20.3 Å². The average Bonchev–Trinajstić information content (AvgIpc) is 3.46. The predicted octanol–water partition coefficient (Wildman–Crippen LogP) is 5.44. The Bertz CT molecular complexity index is 1500. The zero-order valence-electron chi connectivity index (χ0n) is 20.4. The molecule has 0 radical (unpaired) electrons. The van der Waals surface area contributed by atoms with Crippen molar-refractivity contribution in [2.45, 2.75) is 25.4 Å². The number of nitrogens with zero attached hydrogens (tertiary/aromatic N) is 6. The molecule has 0 aliphatic carbocycles. The number of ether oxygens (including phenoxy) is 1. The van der Waals surface area contributed by atoms with Gasteiger partial charge in [0.2, 0.25) is 5.82 Å². The fourth-order valence-corrected chi connectivity index (χ4v) is 4.65. The number of anilines is 1. The molecule has 198 valence electrons. The second-order valence-corrected chi connectivity index (χ2v) is 9.38. The van der Waals surface area contributed by atoms with E-state index in [1.54, 1.807) is 53.4 Å². The Morgan fingerprint density at radius 1 is 1.08 bits per heavy atom. The number of nitriles is 1. The summed E-state index contributed by atoms with van der Waals surface area (Å²) in [5.74, 6) is -3.24. The molecule has 3 heterocycles. The van der Waals surface area contributed by atoms with Crippen LogP contribution in [0.2, 0.25) is 5.02 Å². The van der Waals surface area contributed by atoms with Crippen LogP contribution in [0.25, 0.3) is 11.6 Å². The largest absolute Gasteiger partial charge is 0.454 e. The zero-order chi connectivity index (χ0) is 27.5. The van der Waals surface area contributed by atoms with Crippen molar-refractivity contribution in [3.05, 3.63) is 88.7 Å². The molecule has 0 spiro atoms. The predicted molar refractivity (Wildman–Crippen MR) is 136 cm³/mol. The lowest BCUT2D eigenvalue weighted by molar-refractivity contribution is -0.112. The third-order valence-electron chi connectivity index (χ3n) is 6.65. The molecule has 39 heavy (non-hydrogen) atoms. The van der Waals surface area contributed by atoms with Crippen LogP contribution >= 0.6 is 11.6 Å². The van der Waals surface area contributed by atoms with Crippen LogP contribution in [0.3, 0.4) is 0 Å². The maximum absolute atomic E-state index is 15.5. The first-order valence-electron chi connectivity index (χ1n) is 12.0. The van der Waals surface area contributed by atoms with E-state index < -0.39 is 17.3 Å². The fourth-order valence-electron chi connectivity index (χ4n) is 4.40. The molecule has 1 aliphatic rings. The van der Waals surface area contributed by atoms with Gasteiger partial charge in [0.15, 0.2) is 18.1 Å². The van der Waals surface area contributed by atoms with E-state index >= 15 is 8.78 Å². The lowest BCUT2D eigenvalue weighted by Gasteiger charge is -2.42.